The van der Waals surface area contributed by atoms with Gasteiger partial charge in [0, 0.05) is 30.2 Å². The highest BCUT2D eigenvalue weighted by Crippen LogP contribution is 2.31. The Hall–Kier alpha value is -1.06. The fourth-order valence-corrected chi connectivity index (χ4v) is 4.06. The maximum atomic E-state index is 5.53. The third-order valence-electron chi connectivity index (χ3n) is 5.04. The normalized spacial score (nSPS) is 28.0. The molecule has 2 unspecified atom stereocenters. The smallest absolute Gasteiger partial charge is 0.123 e. The zero-order valence-corrected chi connectivity index (χ0v) is 13.3. The van der Waals surface area contributed by atoms with Gasteiger partial charge in [0.15, 0.2) is 0 Å². The topological polar surface area (TPSA) is 24.5 Å². The number of hydrogen-bond donors (Lipinski definition) is 1. The molecule has 1 aromatic rings. The Kier molecular flexibility index (Phi) is 4.81. The number of nitrogens with zero attached hydrogens (tertiary/aromatic N) is 1. The lowest BCUT2D eigenvalue weighted by Crippen LogP contribution is -2.48. The van der Waals surface area contributed by atoms with Crippen LogP contribution in [0.4, 0.5) is 0 Å². The molecule has 0 amide bonds. The van der Waals surface area contributed by atoms with E-state index >= 15 is 0 Å². The fraction of sp³-hybridized carbons (Fsp3) is 0.667. The summed E-state index contributed by atoms with van der Waals surface area (Å²) in [4.78, 5) is 2.68. The summed E-state index contributed by atoms with van der Waals surface area (Å²) < 4.78 is 5.53. The van der Waals surface area contributed by atoms with Gasteiger partial charge < -0.3 is 10.1 Å². The van der Waals surface area contributed by atoms with Gasteiger partial charge in [0.1, 0.15) is 5.75 Å². The molecular formula is C18H28N2O. The standard InChI is InChI=1S/C18H28N2O/c1-3-10-20(13-14-6-4-5-7-18(14)21-2)17-11-15-8-9-16(12-17)19-15/h4-7,15-17,19H,3,8-13H2,1-2H3. The van der Waals surface area contributed by atoms with Gasteiger partial charge in [-0.1, -0.05) is 25.1 Å². The number of ether oxygens (including phenoxy) is 1. The van der Waals surface area contributed by atoms with E-state index < -0.39 is 0 Å². The predicted octanol–water partition coefficient (Wildman–Crippen LogP) is 3.19. The van der Waals surface area contributed by atoms with E-state index in [9.17, 15) is 0 Å². The van der Waals surface area contributed by atoms with E-state index in [2.05, 4.69) is 41.4 Å². The second-order valence-electron chi connectivity index (χ2n) is 6.55. The number of benzene rings is 1. The minimum atomic E-state index is 0.730. The Morgan fingerprint density at radius 3 is 2.57 bits per heavy atom. The molecule has 21 heavy (non-hydrogen) atoms. The first-order valence-corrected chi connectivity index (χ1v) is 8.42. The van der Waals surface area contributed by atoms with Crippen LogP contribution in [0.3, 0.4) is 0 Å². The molecule has 2 fully saturated rings. The number of methoxy groups -OCH3 is 1. The average molecular weight is 288 g/mol. The van der Waals surface area contributed by atoms with Gasteiger partial charge in [-0.05, 0) is 44.7 Å². The molecule has 3 nitrogen and oxygen atoms in total. The molecule has 2 atom stereocenters. The van der Waals surface area contributed by atoms with Crippen molar-refractivity contribution in [3.8, 4) is 5.75 Å². The van der Waals surface area contributed by atoms with E-state index in [1.807, 2.05) is 0 Å². The molecule has 1 aromatic carbocycles. The number of para-hydroxylation sites is 1. The van der Waals surface area contributed by atoms with Crippen molar-refractivity contribution in [2.75, 3.05) is 13.7 Å². The Labute approximate surface area is 128 Å². The van der Waals surface area contributed by atoms with E-state index in [0.717, 1.165) is 30.4 Å². The SMILES string of the molecule is CCCN(Cc1ccccc1OC)C1CC2CCC(C1)N2. The highest BCUT2D eigenvalue weighted by atomic mass is 16.5. The Bertz CT molecular complexity index is 450. The van der Waals surface area contributed by atoms with Crippen molar-refractivity contribution in [2.45, 2.75) is 63.7 Å². The second kappa shape index (κ2) is 6.80. The average Bonchev–Trinajstić information content (AvgIpc) is 2.85. The molecule has 0 saturated carbocycles. The zero-order valence-electron chi connectivity index (χ0n) is 13.3. The zero-order chi connectivity index (χ0) is 14.7. The maximum absolute atomic E-state index is 5.53. The highest BCUT2D eigenvalue weighted by molar-refractivity contribution is 5.33. The minimum Gasteiger partial charge on any atom is -0.496 e. The first kappa shape index (κ1) is 14.9. The fourth-order valence-electron chi connectivity index (χ4n) is 4.06. The molecule has 116 valence electrons. The molecule has 2 bridgehead atoms. The number of rotatable bonds is 6. The second-order valence-corrected chi connectivity index (χ2v) is 6.55. The van der Waals surface area contributed by atoms with Crippen molar-refractivity contribution in [1.29, 1.82) is 0 Å². The lowest BCUT2D eigenvalue weighted by molar-refractivity contribution is 0.133. The third-order valence-corrected chi connectivity index (χ3v) is 5.04. The summed E-state index contributed by atoms with van der Waals surface area (Å²) in [5.41, 5.74) is 1.32. The van der Waals surface area contributed by atoms with Crippen LogP contribution >= 0.6 is 0 Å². The Morgan fingerprint density at radius 2 is 1.90 bits per heavy atom. The van der Waals surface area contributed by atoms with Crippen LogP contribution in [0.15, 0.2) is 24.3 Å². The Morgan fingerprint density at radius 1 is 1.19 bits per heavy atom. The molecule has 0 spiro atoms. The third kappa shape index (κ3) is 3.41. The summed E-state index contributed by atoms with van der Waals surface area (Å²) in [5, 5.41) is 3.75. The van der Waals surface area contributed by atoms with Crippen LogP contribution in [-0.4, -0.2) is 36.7 Å². The van der Waals surface area contributed by atoms with E-state index in [1.165, 1.54) is 44.2 Å². The van der Waals surface area contributed by atoms with Crippen molar-refractivity contribution >= 4 is 0 Å². The summed E-state index contributed by atoms with van der Waals surface area (Å²) in [5.74, 6) is 1.02. The predicted molar refractivity (Wildman–Crippen MR) is 86.7 cm³/mol. The van der Waals surface area contributed by atoms with Crippen LogP contribution in [-0.2, 0) is 6.54 Å². The van der Waals surface area contributed by atoms with E-state index in [1.54, 1.807) is 7.11 Å². The molecule has 2 heterocycles. The van der Waals surface area contributed by atoms with Crippen LogP contribution < -0.4 is 10.1 Å². The Balaban J connectivity index is 1.72. The van der Waals surface area contributed by atoms with E-state index in [-0.39, 0.29) is 0 Å². The molecule has 2 aliphatic heterocycles. The van der Waals surface area contributed by atoms with Gasteiger partial charge in [0.25, 0.3) is 0 Å². The van der Waals surface area contributed by atoms with Crippen molar-refractivity contribution in [3.05, 3.63) is 29.8 Å². The highest BCUT2D eigenvalue weighted by Gasteiger charge is 2.35. The first-order valence-electron chi connectivity index (χ1n) is 8.42. The van der Waals surface area contributed by atoms with Crippen molar-refractivity contribution in [1.82, 2.24) is 10.2 Å². The molecule has 0 aliphatic carbocycles. The molecule has 0 radical (unpaired) electrons. The van der Waals surface area contributed by atoms with Crippen LogP contribution in [0.25, 0.3) is 0 Å². The van der Waals surface area contributed by atoms with Crippen LogP contribution in [0.1, 0.15) is 44.6 Å². The molecule has 3 heteroatoms. The van der Waals surface area contributed by atoms with Crippen LogP contribution in [0.2, 0.25) is 0 Å². The summed E-state index contributed by atoms with van der Waals surface area (Å²) in [7, 11) is 1.77. The quantitative estimate of drug-likeness (QED) is 0.870. The number of nitrogens with one attached hydrogen (secondary N) is 1. The van der Waals surface area contributed by atoms with E-state index in [0.29, 0.717) is 0 Å². The van der Waals surface area contributed by atoms with Crippen molar-refractivity contribution in [2.24, 2.45) is 0 Å². The van der Waals surface area contributed by atoms with Gasteiger partial charge in [0.05, 0.1) is 7.11 Å². The van der Waals surface area contributed by atoms with Crippen LogP contribution in [0.5, 0.6) is 5.75 Å². The lowest BCUT2D eigenvalue weighted by Gasteiger charge is -2.38. The van der Waals surface area contributed by atoms with Crippen molar-refractivity contribution < 1.29 is 4.74 Å². The molecule has 0 aromatic heterocycles. The van der Waals surface area contributed by atoms with Crippen LogP contribution in [0, 0.1) is 0 Å². The van der Waals surface area contributed by atoms with E-state index in [4.69, 9.17) is 4.74 Å². The monoisotopic (exact) mass is 288 g/mol. The van der Waals surface area contributed by atoms with Gasteiger partial charge in [-0.25, -0.2) is 0 Å². The summed E-state index contributed by atoms with van der Waals surface area (Å²) in [6, 6.07) is 10.7. The maximum Gasteiger partial charge on any atom is 0.123 e. The summed E-state index contributed by atoms with van der Waals surface area (Å²) >= 11 is 0. The number of piperidine rings is 1. The largest absolute Gasteiger partial charge is 0.496 e. The molecule has 3 rings (SSSR count). The molecular weight excluding hydrogens is 260 g/mol. The van der Waals surface area contributed by atoms with Crippen molar-refractivity contribution in [3.63, 3.8) is 0 Å². The van der Waals surface area contributed by atoms with Gasteiger partial charge in [-0.15, -0.1) is 0 Å². The minimum absolute atomic E-state index is 0.730. The number of hydrogen-bond acceptors (Lipinski definition) is 3. The summed E-state index contributed by atoms with van der Waals surface area (Å²) in [6.45, 7) is 4.48. The van der Waals surface area contributed by atoms with Gasteiger partial charge in [-0.2, -0.15) is 0 Å². The number of fused-ring (bicyclic) bond motifs is 2. The first-order chi connectivity index (χ1) is 10.3. The molecule has 2 aliphatic rings. The molecule has 2 saturated heterocycles. The summed E-state index contributed by atoms with van der Waals surface area (Å²) in [6.07, 6.45) is 6.58. The van der Waals surface area contributed by atoms with Gasteiger partial charge in [0.2, 0.25) is 0 Å². The van der Waals surface area contributed by atoms with Gasteiger partial charge >= 0.3 is 0 Å². The van der Waals surface area contributed by atoms with Gasteiger partial charge in [-0.3, -0.25) is 4.90 Å². The molecule has 1 N–H and O–H groups in total. The lowest BCUT2D eigenvalue weighted by atomic mass is 9.97.